The number of amides is 3. The fourth-order valence-corrected chi connectivity index (χ4v) is 2.47. The molecule has 1 heterocycles. The fraction of sp³-hybridized carbons (Fsp3) is 0.0909. The molecule has 0 saturated heterocycles. The summed E-state index contributed by atoms with van der Waals surface area (Å²) in [5.41, 5.74) is 0.589. The Morgan fingerprint density at radius 1 is 0.935 bits per heavy atom. The molecule has 2 N–H and O–H groups in total. The summed E-state index contributed by atoms with van der Waals surface area (Å²) in [4.78, 5) is 40.2. The van der Waals surface area contributed by atoms with Crippen molar-refractivity contribution in [3.8, 4) is 17.2 Å². The molecule has 0 spiro atoms. The van der Waals surface area contributed by atoms with Crippen LogP contribution in [0, 0.1) is 0 Å². The van der Waals surface area contributed by atoms with Gasteiger partial charge in [-0.25, -0.2) is 9.59 Å². The number of anilines is 1. The van der Waals surface area contributed by atoms with Crippen molar-refractivity contribution in [2.24, 2.45) is 0 Å². The molecule has 0 aliphatic heterocycles. The van der Waals surface area contributed by atoms with Gasteiger partial charge in [0.05, 0.1) is 13.3 Å². The number of ether oxygens (including phenoxy) is 3. The van der Waals surface area contributed by atoms with Crippen LogP contribution in [0.25, 0.3) is 0 Å². The zero-order chi connectivity index (χ0) is 22.1. The molecule has 1 aromatic heterocycles. The highest BCUT2D eigenvalue weighted by molar-refractivity contribution is 6.02. The van der Waals surface area contributed by atoms with Gasteiger partial charge in [0, 0.05) is 11.9 Å². The Kier molecular flexibility index (Phi) is 7.15. The van der Waals surface area contributed by atoms with Crippen molar-refractivity contribution in [3.05, 3.63) is 78.6 Å². The first-order chi connectivity index (χ1) is 15.0. The number of methoxy groups -OCH3 is 1. The number of para-hydroxylation sites is 1. The van der Waals surface area contributed by atoms with Gasteiger partial charge in [-0.3, -0.25) is 15.1 Å². The average Bonchev–Trinajstić information content (AvgIpc) is 2.79. The Morgan fingerprint density at radius 3 is 2.42 bits per heavy atom. The van der Waals surface area contributed by atoms with Gasteiger partial charge in [-0.2, -0.15) is 0 Å². The number of pyridine rings is 1. The SMILES string of the molecule is COc1ccc(NC(=O)NC(=O)COC(=O)c2ccccc2Oc2cccnc2)cc1. The summed E-state index contributed by atoms with van der Waals surface area (Å²) in [6.45, 7) is -0.643. The molecule has 3 aromatic rings. The first kappa shape index (κ1) is 21.3. The Morgan fingerprint density at radius 2 is 1.71 bits per heavy atom. The van der Waals surface area contributed by atoms with E-state index in [0.29, 0.717) is 17.2 Å². The maximum Gasteiger partial charge on any atom is 0.342 e. The van der Waals surface area contributed by atoms with E-state index in [-0.39, 0.29) is 11.3 Å². The van der Waals surface area contributed by atoms with Crippen LogP contribution in [0.1, 0.15) is 10.4 Å². The molecule has 9 nitrogen and oxygen atoms in total. The molecule has 0 bridgehead atoms. The first-order valence-electron chi connectivity index (χ1n) is 9.14. The summed E-state index contributed by atoms with van der Waals surface area (Å²) in [7, 11) is 1.53. The van der Waals surface area contributed by atoms with Gasteiger partial charge in [0.25, 0.3) is 5.91 Å². The lowest BCUT2D eigenvalue weighted by Crippen LogP contribution is -2.37. The van der Waals surface area contributed by atoms with Gasteiger partial charge in [0.15, 0.2) is 6.61 Å². The third-order valence-corrected chi connectivity index (χ3v) is 3.90. The van der Waals surface area contributed by atoms with Crippen molar-refractivity contribution < 1.29 is 28.6 Å². The summed E-state index contributed by atoms with van der Waals surface area (Å²) in [6, 6.07) is 15.6. The van der Waals surface area contributed by atoms with E-state index in [1.165, 1.54) is 19.4 Å². The summed E-state index contributed by atoms with van der Waals surface area (Å²) in [5, 5.41) is 4.57. The molecule has 2 aromatic carbocycles. The van der Waals surface area contributed by atoms with E-state index in [9.17, 15) is 14.4 Å². The smallest absolute Gasteiger partial charge is 0.342 e. The van der Waals surface area contributed by atoms with E-state index >= 15 is 0 Å². The number of carbonyl (C=O) groups excluding carboxylic acids is 3. The maximum atomic E-state index is 12.4. The van der Waals surface area contributed by atoms with Crippen LogP contribution in [0.4, 0.5) is 10.5 Å². The maximum absolute atomic E-state index is 12.4. The predicted octanol–water partition coefficient (Wildman–Crippen LogP) is 3.39. The highest BCUT2D eigenvalue weighted by Gasteiger charge is 2.17. The number of carbonyl (C=O) groups is 3. The topological polar surface area (TPSA) is 116 Å². The molecule has 3 amide bonds. The normalized spacial score (nSPS) is 9.97. The minimum absolute atomic E-state index is 0.127. The largest absolute Gasteiger partial charge is 0.497 e. The third-order valence-electron chi connectivity index (χ3n) is 3.90. The standard InChI is InChI=1S/C22H19N3O6/c1-29-16-10-8-15(9-11-16)24-22(28)25-20(26)14-30-21(27)18-6-2-3-7-19(18)31-17-5-4-12-23-13-17/h2-13H,14H2,1H3,(H2,24,25,26,28). The first-order valence-corrected chi connectivity index (χ1v) is 9.14. The van der Waals surface area contributed by atoms with Crippen LogP contribution < -0.4 is 20.1 Å². The molecule has 0 radical (unpaired) electrons. The monoisotopic (exact) mass is 421 g/mol. The number of nitrogens with one attached hydrogen (secondary N) is 2. The van der Waals surface area contributed by atoms with Gasteiger partial charge in [-0.05, 0) is 48.5 Å². The van der Waals surface area contributed by atoms with Gasteiger partial charge < -0.3 is 19.5 Å². The molecule has 0 unspecified atom stereocenters. The summed E-state index contributed by atoms with van der Waals surface area (Å²) >= 11 is 0. The second-order valence-corrected chi connectivity index (χ2v) is 6.09. The quantitative estimate of drug-likeness (QED) is 0.562. The fourth-order valence-electron chi connectivity index (χ4n) is 2.47. The van der Waals surface area contributed by atoms with Crippen LogP contribution in [-0.4, -0.2) is 36.6 Å². The van der Waals surface area contributed by atoms with Crippen molar-refractivity contribution in [2.75, 3.05) is 19.0 Å². The van der Waals surface area contributed by atoms with Crippen molar-refractivity contribution in [1.82, 2.24) is 10.3 Å². The lowest BCUT2D eigenvalue weighted by molar-refractivity contribution is -0.123. The minimum atomic E-state index is -0.787. The van der Waals surface area contributed by atoms with Crippen molar-refractivity contribution >= 4 is 23.6 Å². The van der Waals surface area contributed by atoms with Crippen molar-refractivity contribution in [2.45, 2.75) is 0 Å². The molecule has 0 aliphatic carbocycles. The Labute approximate surface area is 178 Å². The van der Waals surface area contributed by atoms with Crippen LogP contribution in [0.15, 0.2) is 73.1 Å². The lowest BCUT2D eigenvalue weighted by Gasteiger charge is -2.11. The second-order valence-electron chi connectivity index (χ2n) is 6.09. The van der Waals surface area contributed by atoms with Crippen LogP contribution in [0.5, 0.6) is 17.2 Å². The number of benzene rings is 2. The Bertz CT molecular complexity index is 1050. The Hall–Kier alpha value is -4.40. The highest BCUT2D eigenvalue weighted by Crippen LogP contribution is 2.25. The number of urea groups is 1. The van der Waals surface area contributed by atoms with E-state index in [0.717, 1.165) is 0 Å². The van der Waals surface area contributed by atoms with Gasteiger partial charge >= 0.3 is 12.0 Å². The molecule has 158 valence electrons. The second kappa shape index (κ2) is 10.4. The molecule has 0 atom stereocenters. The number of rotatable bonds is 7. The molecule has 0 fully saturated rings. The van der Waals surface area contributed by atoms with E-state index < -0.39 is 24.5 Å². The summed E-state index contributed by atoms with van der Waals surface area (Å²) < 4.78 is 15.7. The van der Waals surface area contributed by atoms with Crippen LogP contribution in [-0.2, 0) is 9.53 Å². The van der Waals surface area contributed by atoms with Crippen LogP contribution in [0.2, 0.25) is 0 Å². The predicted molar refractivity (Wildman–Crippen MR) is 111 cm³/mol. The molecule has 31 heavy (non-hydrogen) atoms. The van der Waals surface area contributed by atoms with Gasteiger partial charge in [0.2, 0.25) is 0 Å². The van der Waals surface area contributed by atoms with Crippen LogP contribution >= 0.6 is 0 Å². The molecular formula is C22H19N3O6. The number of imide groups is 1. The molecule has 9 heteroatoms. The van der Waals surface area contributed by atoms with Crippen LogP contribution in [0.3, 0.4) is 0 Å². The van der Waals surface area contributed by atoms with Crippen molar-refractivity contribution in [1.29, 1.82) is 0 Å². The molecule has 0 aliphatic rings. The average molecular weight is 421 g/mol. The number of hydrogen-bond acceptors (Lipinski definition) is 7. The van der Waals surface area contributed by atoms with E-state index in [1.807, 2.05) is 0 Å². The Balaban J connectivity index is 1.52. The van der Waals surface area contributed by atoms with Gasteiger partial charge in [0.1, 0.15) is 22.8 Å². The zero-order valence-corrected chi connectivity index (χ0v) is 16.5. The molecular weight excluding hydrogens is 402 g/mol. The number of hydrogen-bond donors (Lipinski definition) is 2. The zero-order valence-electron chi connectivity index (χ0n) is 16.5. The molecule has 3 rings (SSSR count). The molecule has 0 saturated carbocycles. The third kappa shape index (κ3) is 6.29. The van der Waals surface area contributed by atoms with Crippen molar-refractivity contribution in [3.63, 3.8) is 0 Å². The van der Waals surface area contributed by atoms with Gasteiger partial charge in [-0.1, -0.05) is 12.1 Å². The highest BCUT2D eigenvalue weighted by atomic mass is 16.5. The van der Waals surface area contributed by atoms with E-state index in [1.54, 1.807) is 60.8 Å². The number of nitrogens with zero attached hydrogens (tertiary/aromatic N) is 1. The minimum Gasteiger partial charge on any atom is -0.497 e. The number of esters is 1. The van der Waals surface area contributed by atoms with E-state index in [4.69, 9.17) is 14.2 Å². The lowest BCUT2D eigenvalue weighted by atomic mass is 10.2. The van der Waals surface area contributed by atoms with Gasteiger partial charge in [-0.15, -0.1) is 0 Å². The number of aromatic nitrogens is 1. The summed E-state index contributed by atoms with van der Waals surface area (Å²) in [5.74, 6) is -0.245. The summed E-state index contributed by atoms with van der Waals surface area (Å²) in [6.07, 6.45) is 3.09. The van der Waals surface area contributed by atoms with E-state index in [2.05, 4.69) is 15.6 Å².